The first-order chi connectivity index (χ1) is 10.7. The molecule has 0 N–H and O–H groups in total. The van der Waals surface area contributed by atoms with E-state index in [1.165, 1.54) is 0 Å². The van der Waals surface area contributed by atoms with Crippen LogP contribution in [0.25, 0.3) is 0 Å². The van der Waals surface area contributed by atoms with Crippen LogP contribution < -0.4 is 0 Å². The molecule has 0 radical (unpaired) electrons. The second-order valence-corrected chi connectivity index (χ2v) is 6.15. The van der Waals surface area contributed by atoms with Crippen LogP contribution >= 0.6 is 23.2 Å². The zero-order valence-electron chi connectivity index (χ0n) is 11.8. The maximum absolute atomic E-state index is 10.8. The highest BCUT2D eigenvalue weighted by atomic mass is 35.5. The molecule has 0 aliphatic heterocycles. The third-order valence-corrected chi connectivity index (χ3v) is 4.29. The second kappa shape index (κ2) is 9.06. The van der Waals surface area contributed by atoms with Gasteiger partial charge in [-0.15, -0.1) is 27.7 Å². The van der Waals surface area contributed by atoms with E-state index in [1.807, 2.05) is 60.7 Å². The minimum atomic E-state index is -0.253. The van der Waals surface area contributed by atoms with Crippen LogP contribution in [-0.4, -0.2) is 22.3 Å². The van der Waals surface area contributed by atoms with Crippen LogP contribution in [0.3, 0.4) is 0 Å². The van der Waals surface area contributed by atoms with Crippen LogP contribution in [0, 0.1) is 0 Å². The van der Waals surface area contributed by atoms with Crippen molar-refractivity contribution in [2.75, 3.05) is 13.1 Å². The van der Waals surface area contributed by atoms with E-state index in [-0.39, 0.29) is 22.2 Å². The summed E-state index contributed by atoms with van der Waals surface area (Å²) in [6.45, 7) is 0.855. The SMILES string of the molecule is O=S=NN(C[C@@H](Cl)c1ccccc1)C[C@@H](Cl)c1ccccc1. The Hall–Kier alpha value is -1.20. The molecule has 6 heteroatoms. The molecule has 22 heavy (non-hydrogen) atoms. The van der Waals surface area contributed by atoms with Crippen LogP contribution in [-0.2, 0) is 11.5 Å². The number of halogens is 2. The van der Waals surface area contributed by atoms with Crippen molar-refractivity contribution in [1.29, 1.82) is 0 Å². The first-order valence-electron chi connectivity index (χ1n) is 6.83. The molecule has 2 atom stereocenters. The van der Waals surface area contributed by atoms with Crippen molar-refractivity contribution >= 4 is 34.7 Å². The molecule has 0 aliphatic rings. The highest BCUT2D eigenvalue weighted by molar-refractivity contribution is 7.54. The van der Waals surface area contributed by atoms with Gasteiger partial charge in [-0.3, -0.25) is 0 Å². The normalized spacial score (nSPS) is 13.6. The first-order valence-corrected chi connectivity index (χ1v) is 8.40. The average molecular weight is 355 g/mol. The van der Waals surface area contributed by atoms with Gasteiger partial charge in [0, 0.05) is 13.1 Å². The monoisotopic (exact) mass is 354 g/mol. The molecule has 2 aromatic carbocycles. The molecule has 0 fully saturated rings. The van der Waals surface area contributed by atoms with Gasteiger partial charge in [0.1, 0.15) is 0 Å². The lowest BCUT2D eigenvalue weighted by Gasteiger charge is -2.21. The van der Waals surface area contributed by atoms with E-state index in [2.05, 4.69) is 4.47 Å². The van der Waals surface area contributed by atoms with E-state index in [1.54, 1.807) is 5.01 Å². The van der Waals surface area contributed by atoms with Gasteiger partial charge < -0.3 is 0 Å². The molecule has 0 bridgehead atoms. The number of benzene rings is 2. The average Bonchev–Trinajstić information content (AvgIpc) is 2.56. The molecular weight excluding hydrogens is 339 g/mol. The summed E-state index contributed by atoms with van der Waals surface area (Å²) in [4.78, 5) is 0. The van der Waals surface area contributed by atoms with Crippen LogP contribution in [0.2, 0.25) is 0 Å². The minimum Gasteiger partial charge on any atom is -0.190 e. The standard InChI is InChI=1S/C16H16Cl2N2OS/c17-15(13-7-3-1-4-8-13)11-20(19-22-21)12-16(18)14-9-5-2-6-10-14/h1-10,15-16H,11-12H2/t15-,16-/m1/s1. The molecule has 0 unspecified atom stereocenters. The molecule has 3 nitrogen and oxygen atoms in total. The Labute approximate surface area is 144 Å². The highest BCUT2D eigenvalue weighted by Gasteiger charge is 2.18. The van der Waals surface area contributed by atoms with Crippen LogP contribution in [0.4, 0.5) is 0 Å². The van der Waals surface area contributed by atoms with Gasteiger partial charge in [-0.25, -0.2) is 0 Å². The molecular formula is C16H16Cl2N2OS. The Balaban J connectivity index is 2.02. The highest BCUT2D eigenvalue weighted by Crippen LogP contribution is 2.25. The van der Waals surface area contributed by atoms with E-state index < -0.39 is 0 Å². The van der Waals surface area contributed by atoms with E-state index >= 15 is 0 Å². The molecule has 116 valence electrons. The molecule has 0 heterocycles. The maximum Gasteiger partial charge on any atom is 0.217 e. The fourth-order valence-electron chi connectivity index (χ4n) is 2.09. The summed E-state index contributed by atoms with van der Waals surface area (Å²) in [5.41, 5.74) is 1.98. The van der Waals surface area contributed by atoms with Crippen molar-refractivity contribution in [1.82, 2.24) is 5.01 Å². The van der Waals surface area contributed by atoms with Gasteiger partial charge in [-0.05, 0) is 11.1 Å². The fraction of sp³-hybridized carbons (Fsp3) is 0.250. The van der Waals surface area contributed by atoms with Gasteiger partial charge in [-0.1, -0.05) is 60.7 Å². The van der Waals surface area contributed by atoms with Crippen molar-refractivity contribution in [3.8, 4) is 0 Å². The van der Waals surface area contributed by atoms with E-state index in [0.717, 1.165) is 11.1 Å². The summed E-state index contributed by atoms with van der Waals surface area (Å²) in [6.07, 6.45) is 0. The van der Waals surface area contributed by atoms with Gasteiger partial charge in [0.05, 0.1) is 10.8 Å². The Bertz CT molecular complexity index is 573. The van der Waals surface area contributed by atoms with Crippen LogP contribution in [0.15, 0.2) is 65.1 Å². The lowest BCUT2D eigenvalue weighted by molar-refractivity contribution is 0.293. The van der Waals surface area contributed by atoms with E-state index in [4.69, 9.17) is 23.2 Å². The number of rotatable bonds is 7. The lowest BCUT2D eigenvalue weighted by Crippen LogP contribution is -2.25. The van der Waals surface area contributed by atoms with Crippen LogP contribution in [0.1, 0.15) is 21.9 Å². The number of hydrogen-bond donors (Lipinski definition) is 0. The van der Waals surface area contributed by atoms with Crippen molar-refractivity contribution in [2.45, 2.75) is 10.8 Å². The van der Waals surface area contributed by atoms with Gasteiger partial charge in [0.25, 0.3) is 0 Å². The molecule has 0 aromatic heterocycles. The van der Waals surface area contributed by atoms with Gasteiger partial charge in [-0.2, -0.15) is 9.22 Å². The summed E-state index contributed by atoms with van der Waals surface area (Å²) >= 11 is 13.0. The predicted octanol–water partition coefficient (Wildman–Crippen LogP) is 4.56. The minimum absolute atomic E-state index is 0.168. The number of nitrogens with zero attached hydrogens (tertiary/aromatic N) is 2. The molecule has 0 aliphatic carbocycles. The lowest BCUT2D eigenvalue weighted by atomic mass is 10.1. The van der Waals surface area contributed by atoms with Crippen molar-refractivity contribution in [3.05, 3.63) is 71.8 Å². The smallest absolute Gasteiger partial charge is 0.190 e. The Kier molecular flexibility index (Phi) is 7.06. The van der Waals surface area contributed by atoms with Gasteiger partial charge in [0.2, 0.25) is 11.5 Å². The molecule has 0 amide bonds. The van der Waals surface area contributed by atoms with Gasteiger partial charge >= 0.3 is 0 Å². The zero-order chi connectivity index (χ0) is 15.8. The molecule has 2 rings (SSSR count). The Morgan fingerprint density at radius 3 is 1.64 bits per heavy atom. The molecule has 0 spiro atoms. The molecule has 2 aromatic rings. The predicted molar refractivity (Wildman–Crippen MR) is 92.2 cm³/mol. The molecule has 0 saturated carbocycles. The number of hydrogen-bond acceptors (Lipinski definition) is 2. The third kappa shape index (κ3) is 5.21. The quantitative estimate of drug-likeness (QED) is 0.539. The summed E-state index contributed by atoms with van der Waals surface area (Å²) in [5, 5.41) is 1.13. The largest absolute Gasteiger partial charge is 0.217 e. The summed E-state index contributed by atoms with van der Waals surface area (Å²) < 4.78 is 14.7. The van der Waals surface area contributed by atoms with Gasteiger partial charge in [0.15, 0.2) is 0 Å². The fourth-order valence-corrected chi connectivity index (χ4v) is 2.93. The van der Waals surface area contributed by atoms with Crippen molar-refractivity contribution in [3.63, 3.8) is 0 Å². The van der Waals surface area contributed by atoms with Crippen molar-refractivity contribution < 1.29 is 4.21 Å². The maximum atomic E-state index is 10.8. The third-order valence-electron chi connectivity index (χ3n) is 3.21. The molecule has 0 saturated heterocycles. The second-order valence-electron chi connectivity index (χ2n) is 4.78. The van der Waals surface area contributed by atoms with Crippen LogP contribution in [0.5, 0.6) is 0 Å². The zero-order valence-corrected chi connectivity index (χ0v) is 14.1. The summed E-state index contributed by atoms with van der Waals surface area (Å²) in [6, 6.07) is 19.4. The number of alkyl halides is 2. The Morgan fingerprint density at radius 2 is 1.27 bits per heavy atom. The van der Waals surface area contributed by atoms with E-state index in [9.17, 15) is 4.21 Å². The first kappa shape index (κ1) is 17.2. The summed E-state index contributed by atoms with van der Waals surface area (Å²) in [7, 11) is 0. The topological polar surface area (TPSA) is 32.7 Å². The summed E-state index contributed by atoms with van der Waals surface area (Å²) in [5.74, 6) is 0. The van der Waals surface area contributed by atoms with Crippen molar-refractivity contribution in [2.24, 2.45) is 4.47 Å². The Morgan fingerprint density at radius 1 is 0.864 bits per heavy atom. The van der Waals surface area contributed by atoms with E-state index in [0.29, 0.717) is 13.1 Å².